The summed E-state index contributed by atoms with van der Waals surface area (Å²) >= 11 is 0. The lowest BCUT2D eigenvalue weighted by atomic mass is 9.98. The van der Waals surface area contributed by atoms with Gasteiger partial charge in [0.1, 0.15) is 5.65 Å². The lowest BCUT2D eigenvalue weighted by molar-refractivity contribution is 0.594. The highest BCUT2D eigenvalue weighted by atomic mass is 32.2. The number of benzene rings is 2. The summed E-state index contributed by atoms with van der Waals surface area (Å²) in [7, 11) is -3.39. The van der Waals surface area contributed by atoms with Crippen molar-refractivity contribution in [2.24, 2.45) is 5.92 Å². The van der Waals surface area contributed by atoms with Crippen LogP contribution in [0.25, 0.3) is 22.2 Å². The van der Waals surface area contributed by atoms with Gasteiger partial charge in [0.15, 0.2) is 9.84 Å². The summed E-state index contributed by atoms with van der Waals surface area (Å²) in [5, 5.41) is 7.16. The van der Waals surface area contributed by atoms with Crippen molar-refractivity contribution in [3.05, 3.63) is 76.2 Å². The molecular weight excluding hydrogens is 522 g/mol. The number of fused-ring (bicyclic) bond motifs is 1. The van der Waals surface area contributed by atoms with Crippen LogP contribution < -0.4 is 16.2 Å². The highest BCUT2D eigenvalue weighted by Gasteiger charge is 2.38. The quantitative estimate of drug-likeness (QED) is 0.317. The van der Waals surface area contributed by atoms with Gasteiger partial charge in [-0.15, -0.1) is 0 Å². The van der Waals surface area contributed by atoms with Crippen LogP contribution >= 0.6 is 0 Å². The van der Waals surface area contributed by atoms with Gasteiger partial charge in [0, 0.05) is 35.9 Å². The Kier molecular flexibility index (Phi) is 6.24. The van der Waals surface area contributed by atoms with E-state index < -0.39 is 9.84 Å². The highest BCUT2D eigenvalue weighted by molar-refractivity contribution is 7.92. The van der Waals surface area contributed by atoms with Gasteiger partial charge in [-0.05, 0) is 98.4 Å². The third-order valence-electron chi connectivity index (χ3n) is 8.51. The van der Waals surface area contributed by atoms with Crippen molar-refractivity contribution in [2.75, 3.05) is 18.4 Å². The minimum absolute atomic E-state index is 0.150. The molecule has 0 spiro atoms. The summed E-state index contributed by atoms with van der Waals surface area (Å²) in [5.74, 6) is 1.44. The molecule has 1 unspecified atom stereocenters. The van der Waals surface area contributed by atoms with Gasteiger partial charge in [-0.1, -0.05) is 24.3 Å². The largest absolute Gasteiger partial charge is 0.324 e. The second kappa shape index (κ2) is 9.82. The lowest BCUT2D eigenvalue weighted by Crippen LogP contribution is -2.24. The van der Waals surface area contributed by atoms with E-state index in [1.165, 1.54) is 5.56 Å². The van der Waals surface area contributed by atoms with Crippen LogP contribution in [0.5, 0.6) is 0 Å². The monoisotopic (exact) mass is 555 g/mol. The third kappa shape index (κ3) is 4.71. The predicted octanol–water partition coefficient (Wildman–Crippen LogP) is 4.93. The highest BCUT2D eigenvalue weighted by Crippen LogP contribution is 2.37. The molecule has 7 rings (SSSR count). The number of sulfone groups is 1. The van der Waals surface area contributed by atoms with E-state index in [0.29, 0.717) is 64.4 Å². The average Bonchev–Trinajstić information content (AvgIpc) is 3.90. The number of rotatable bonds is 8. The number of aromatic nitrogens is 3. The van der Waals surface area contributed by atoms with Crippen molar-refractivity contribution in [2.45, 2.75) is 61.6 Å². The van der Waals surface area contributed by atoms with E-state index in [4.69, 9.17) is 4.98 Å². The minimum atomic E-state index is -3.39. The van der Waals surface area contributed by atoms with Crippen LogP contribution in [-0.2, 0) is 16.4 Å². The molecule has 3 fully saturated rings. The van der Waals surface area contributed by atoms with Gasteiger partial charge in [-0.25, -0.2) is 13.4 Å². The fourth-order valence-corrected chi connectivity index (χ4v) is 7.74. The molecule has 2 N–H and O–H groups in total. The van der Waals surface area contributed by atoms with E-state index in [9.17, 15) is 13.2 Å². The normalized spacial score (nSPS) is 19.3. The zero-order chi connectivity index (χ0) is 27.4. The summed E-state index contributed by atoms with van der Waals surface area (Å²) in [4.78, 5) is 23.7. The fraction of sp³-hybridized carbons (Fsp3) is 0.387. The second-order valence-electron chi connectivity index (χ2n) is 11.5. The second-order valence-corrected chi connectivity index (χ2v) is 13.7. The van der Waals surface area contributed by atoms with E-state index in [2.05, 4.69) is 27.8 Å². The molecule has 1 saturated heterocycles. The number of nitrogens with zero attached hydrogens (tertiary/aromatic N) is 3. The van der Waals surface area contributed by atoms with E-state index in [0.717, 1.165) is 43.4 Å². The maximum Gasteiger partial charge on any atom is 0.260 e. The Morgan fingerprint density at radius 3 is 2.52 bits per heavy atom. The van der Waals surface area contributed by atoms with Crippen molar-refractivity contribution in [3.63, 3.8) is 0 Å². The molecule has 206 valence electrons. The number of anilines is 2. The zero-order valence-corrected chi connectivity index (χ0v) is 23.4. The van der Waals surface area contributed by atoms with E-state index in [1.54, 1.807) is 29.8 Å². The molecule has 40 heavy (non-hydrogen) atoms. The summed E-state index contributed by atoms with van der Waals surface area (Å²) in [6.07, 6.45) is 6.48. The van der Waals surface area contributed by atoms with Crippen molar-refractivity contribution in [3.8, 4) is 11.1 Å². The zero-order valence-electron chi connectivity index (χ0n) is 22.6. The Labute approximate surface area is 233 Å². The smallest absolute Gasteiger partial charge is 0.260 e. The average molecular weight is 556 g/mol. The van der Waals surface area contributed by atoms with Crippen molar-refractivity contribution in [1.82, 2.24) is 19.9 Å². The Morgan fingerprint density at radius 2 is 1.82 bits per heavy atom. The maximum atomic E-state index is 14.0. The minimum Gasteiger partial charge on any atom is -0.324 e. The molecular formula is C31H33N5O3S. The number of pyridine rings is 1. The Bertz CT molecular complexity index is 1770. The standard InChI is InChI=1S/C31H33N5O3S/c1-19-26(3-2-4-28(19)40(38,39)25-11-12-25)27-15-23-17-33-31(35-29(23)36(30(27)37)18-20-5-6-20)34-24-9-7-21(8-10-24)22-13-14-32-16-22/h2-4,7-10,15,17,20,22,25,32H,5-6,11-14,16,18H2,1H3,(H,33,34,35). The lowest BCUT2D eigenvalue weighted by Gasteiger charge is -2.16. The Balaban J connectivity index is 1.27. The van der Waals surface area contributed by atoms with Gasteiger partial charge in [0.05, 0.1) is 10.1 Å². The van der Waals surface area contributed by atoms with Crippen LogP contribution in [0.4, 0.5) is 11.6 Å². The molecule has 2 saturated carbocycles. The summed E-state index contributed by atoms with van der Waals surface area (Å²) in [5.41, 5.74) is 4.42. The molecule has 8 nitrogen and oxygen atoms in total. The predicted molar refractivity (Wildman–Crippen MR) is 157 cm³/mol. The van der Waals surface area contributed by atoms with E-state index >= 15 is 0 Å². The molecule has 2 aliphatic carbocycles. The SMILES string of the molecule is Cc1c(-c2cc3cnc(Nc4ccc(C5CCNC5)cc4)nc3n(CC3CC3)c2=O)cccc1S(=O)(=O)C1CC1. The molecule has 9 heteroatoms. The molecule has 0 bridgehead atoms. The summed E-state index contributed by atoms with van der Waals surface area (Å²) < 4.78 is 27.9. The van der Waals surface area contributed by atoms with Crippen LogP contribution in [-0.4, -0.2) is 41.3 Å². The Hall–Kier alpha value is -3.56. The first-order chi connectivity index (χ1) is 19.4. The molecule has 3 heterocycles. The molecule has 1 atom stereocenters. The van der Waals surface area contributed by atoms with Crippen LogP contribution in [0.15, 0.2) is 64.4 Å². The number of hydrogen-bond donors (Lipinski definition) is 2. The van der Waals surface area contributed by atoms with Crippen LogP contribution in [0.2, 0.25) is 0 Å². The molecule has 0 radical (unpaired) electrons. The first-order valence-electron chi connectivity index (χ1n) is 14.2. The molecule has 2 aromatic heterocycles. The molecule has 1 aliphatic heterocycles. The Morgan fingerprint density at radius 1 is 1.02 bits per heavy atom. The van der Waals surface area contributed by atoms with Gasteiger partial charge in [0.25, 0.3) is 5.56 Å². The van der Waals surface area contributed by atoms with E-state index in [1.807, 2.05) is 24.3 Å². The van der Waals surface area contributed by atoms with Gasteiger partial charge >= 0.3 is 0 Å². The van der Waals surface area contributed by atoms with Crippen LogP contribution in [0.3, 0.4) is 0 Å². The van der Waals surface area contributed by atoms with E-state index in [-0.39, 0.29) is 10.8 Å². The first-order valence-corrected chi connectivity index (χ1v) is 15.8. The molecule has 4 aromatic rings. The number of hydrogen-bond acceptors (Lipinski definition) is 7. The van der Waals surface area contributed by atoms with Crippen molar-refractivity contribution < 1.29 is 8.42 Å². The number of nitrogens with one attached hydrogen (secondary N) is 2. The third-order valence-corrected chi connectivity index (χ3v) is 10.9. The summed E-state index contributed by atoms with van der Waals surface area (Å²) in [6, 6.07) is 15.4. The van der Waals surface area contributed by atoms with Crippen molar-refractivity contribution in [1.29, 1.82) is 0 Å². The first kappa shape index (κ1) is 25.4. The molecule has 2 aromatic carbocycles. The van der Waals surface area contributed by atoms with Gasteiger partial charge in [0.2, 0.25) is 5.95 Å². The van der Waals surface area contributed by atoms with Gasteiger partial charge < -0.3 is 10.6 Å². The summed E-state index contributed by atoms with van der Waals surface area (Å²) in [6.45, 7) is 4.46. The van der Waals surface area contributed by atoms with Gasteiger partial charge in [-0.2, -0.15) is 4.98 Å². The van der Waals surface area contributed by atoms with Crippen molar-refractivity contribution >= 4 is 32.5 Å². The maximum absolute atomic E-state index is 14.0. The van der Waals surface area contributed by atoms with Crippen LogP contribution in [0, 0.1) is 12.8 Å². The van der Waals surface area contributed by atoms with Gasteiger partial charge in [-0.3, -0.25) is 9.36 Å². The van der Waals surface area contributed by atoms with Crippen LogP contribution in [0.1, 0.15) is 49.1 Å². The fourth-order valence-electron chi connectivity index (χ4n) is 5.82. The molecule has 0 amide bonds. The molecule has 3 aliphatic rings. The topological polar surface area (TPSA) is 106 Å².